The molecule has 4 heteroatoms. The van der Waals surface area contributed by atoms with Crippen LogP contribution >= 0.6 is 0 Å². The standard InChI is InChI=1S/C14H21NO3/c1-5-14(2,3)15(4)8-10-6-12-13(7-11(10)16)18-9-17-12/h6-7,16H,5,8-9H2,1-4H3. The number of phenolic OH excluding ortho intramolecular Hbond substituents is 1. The number of phenols is 1. The molecule has 1 heterocycles. The van der Waals surface area contributed by atoms with Crippen LogP contribution in [-0.4, -0.2) is 29.4 Å². The van der Waals surface area contributed by atoms with Crippen LogP contribution in [0.15, 0.2) is 12.1 Å². The first kappa shape index (κ1) is 13.0. The Bertz CT molecular complexity index is 443. The highest BCUT2D eigenvalue weighted by atomic mass is 16.7. The number of hydrogen-bond acceptors (Lipinski definition) is 4. The van der Waals surface area contributed by atoms with E-state index in [1.54, 1.807) is 6.07 Å². The number of fused-ring (bicyclic) bond motifs is 1. The van der Waals surface area contributed by atoms with Crippen LogP contribution in [0.25, 0.3) is 0 Å². The van der Waals surface area contributed by atoms with E-state index < -0.39 is 0 Å². The van der Waals surface area contributed by atoms with Crippen molar-refractivity contribution in [3.8, 4) is 17.2 Å². The quantitative estimate of drug-likeness (QED) is 0.893. The molecule has 0 saturated carbocycles. The van der Waals surface area contributed by atoms with Crippen molar-refractivity contribution in [2.24, 2.45) is 0 Å². The lowest BCUT2D eigenvalue weighted by Gasteiger charge is -2.35. The monoisotopic (exact) mass is 251 g/mol. The highest BCUT2D eigenvalue weighted by molar-refractivity contribution is 5.51. The number of hydrogen-bond donors (Lipinski definition) is 1. The zero-order valence-corrected chi connectivity index (χ0v) is 11.5. The van der Waals surface area contributed by atoms with Crippen LogP contribution in [0.1, 0.15) is 32.8 Å². The summed E-state index contributed by atoms with van der Waals surface area (Å²) < 4.78 is 10.6. The number of aromatic hydroxyl groups is 1. The second-order valence-electron chi connectivity index (χ2n) is 5.36. The molecule has 0 amide bonds. The van der Waals surface area contributed by atoms with Gasteiger partial charge in [-0.2, -0.15) is 0 Å². The summed E-state index contributed by atoms with van der Waals surface area (Å²) in [4.78, 5) is 2.23. The molecule has 1 aromatic rings. The van der Waals surface area contributed by atoms with Crippen molar-refractivity contribution in [2.45, 2.75) is 39.3 Å². The number of benzene rings is 1. The molecule has 1 aliphatic heterocycles. The molecule has 0 aromatic heterocycles. The Balaban J connectivity index is 2.20. The third kappa shape index (κ3) is 2.38. The molecule has 0 atom stereocenters. The van der Waals surface area contributed by atoms with Crippen LogP contribution in [0.4, 0.5) is 0 Å². The molecule has 1 N–H and O–H groups in total. The van der Waals surface area contributed by atoms with Crippen molar-refractivity contribution in [1.82, 2.24) is 4.90 Å². The molecule has 100 valence electrons. The third-order valence-electron chi connectivity index (χ3n) is 3.88. The van der Waals surface area contributed by atoms with Crippen LogP contribution in [0.3, 0.4) is 0 Å². The number of nitrogens with zero attached hydrogens (tertiary/aromatic N) is 1. The van der Waals surface area contributed by atoms with E-state index >= 15 is 0 Å². The normalized spacial score (nSPS) is 14.3. The van der Waals surface area contributed by atoms with Gasteiger partial charge in [0, 0.05) is 23.7 Å². The molecule has 1 aliphatic rings. The van der Waals surface area contributed by atoms with Gasteiger partial charge in [-0.25, -0.2) is 0 Å². The maximum Gasteiger partial charge on any atom is 0.231 e. The van der Waals surface area contributed by atoms with E-state index in [1.807, 2.05) is 6.07 Å². The Hall–Kier alpha value is -1.42. The summed E-state index contributed by atoms with van der Waals surface area (Å²) >= 11 is 0. The van der Waals surface area contributed by atoms with Crippen molar-refractivity contribution in [3.63, 3.8) is 0 Å². The van der Waals surface area contributed by atoms with Gasteiger partial charge in [-0.3, -0.25) is 4.90 Å². The SMILES string of the molecule is CCC(C)(C)N(C)Cc1cc2c(cc1O)OCO2. The fraction of sp³-hybridized carbons (Fsp3) is 0.571. The van der Waals surface area contributed by atoms with Gasteiger partial charge in [-0.15, -0.1) is 0 Å². The van der Waals surface area contributed by atoms with Crippen LogP contribution in [-0.2, 0) is 6.54 Å². The molecule has 18 heavy (non-hydrogen) atoms. The predicted octanol–water partition coefficient (Wildman–Crippen LogP) is 2.74. The first-order chi connectivity index (χ1) is 8.44. The molecule has 0 radical (unpaired) electrons. The van der Waals surface area contributed by atoms with Gasteiger partial charge in [0.15, 0.2) is 11.5 Å². The van der Waals surface area contributed by atoms with Gasteiger partial charge in [-0.05, 0) is 33.4 Å². The predicted molar refractivity (Wildman–Crippen MR) is 70.1 cm³/mol. The minimum atomic E-state index is 0.100. The van der Waals surface area contributed by atoms with E-state index in [1.165, 1.54) is 0 Å². The van der Waals surface area contributed by atoms with Gasteiger partial charge >= 0.3 is 0 Å². The molecule has 0 fully saturated rings. The van der Waals surface area contributed by atoms with E-state index in [9.17, 15) is 5.11 Å². The lowest BCUT2D eigenvalue weighted by molar-refractivity contribution is 0.141. The largest absolute Gasteiger partial charge is 0.507 e. The molecular weight excluding hydrogens is 230 g/mol. The lowest BCUT2D eigenvalue weighted by atomic mass is 9.99. The average Bonchev–Trinajstić information content (AvgIpc) is 2.76. The highest BCUT2D eigenvalue weighted by Gasteiger charge is 2.23. The third-order valence-corrected chi connectivity index (χ3v) is 3.88. The topological polar surface area (TPSA) is 41.9 Å². The van der Waals surface area contributed by atoms with Crippen molar-refractivity contribution in [1.29, 1.82) is 0 Å². The number of rotatable bonds is 4. The van der Waals surface area contributed by atoms with Crippen molar-refractivity contribution >= 4 is 0 Å². The molecule has 0 unspecified atom stereocenters. The van der Waals surface area contributed by atoms with Crippen LogP contribution in [0, 0.1) is 0 Å². The summed E-state index contributed by atoms with van der Waals surface area (Å²) in [5.41, 5.74) is 0.964. The minimum absolute atomic E-state index is 0.100. The first-order valence-corrected chi connectivity index (χ1v) is 6.27. The van der Waals surface area contributed by atoms with E-state index in [0.717, 1.165) is 12.0 Å². The maximum atomic E-state index is 10.00. The summed E-state index contributed by atoms with van der Waals surface area (Å²) in [6, 6.07) is 3.49. The summed E-state index contributed by atoms with van der Waals surface area (Å²) in [5.74, 6) is 1.59. The molecule has 0 spiro atoms. The molecule has 1 aromatic carbocycles. The van der Waals surface area contributed by atoms with Crippen LogP contribution in [0.2, 0.25) is 0 Å². The van der Waals surface area contributed by atoms with Crippen LogP contribution in [0.5, 0.6) is 17.2 Å². The maximum absolute atomic E-state index is 10.00. The van der Waals surface area contributed by atoms with Gasteiger partial charge < -0.3 is 14.6 Å². The van der Waals surface area contributed by atoms with E-state index in [4.69, 9.17) is 9.47 Å². The van der Waals surface area contributed by atoms with Gasteiger partial charge in [0.25, 0.3) is 0 Å². The Morgan fingerprint density at radius 3 is 2.50 bits per heavy atom. The van der Waals surface area contributed by atoms with Crippen molar-refractivity contribution < 1.29 is 14.6 Å². The summed E-state index contributed by atoms with van der Waals surface area (Å²) in [6.07, 6.45) is 1.05. The summed E-state index contributed by atoms with van der Waals surface area (Å²) in [6.45, 7) is 7.46. The average molecular weight is 251 g/mol. The molecule has 4 nitrogen and oxygen atoms in total. The fourth-order valence-corrected chi connectivity index (χ4v) is 1.84. The van der Waals surface area contributed by atoms with E-state index in [2.05, 4.69) is 32.7 Å². The Morgan fingerprint density at radius 1 is 1.28 bits per heavy atom. The second-order valence-corrected chi connectivity index (χ2v) is 5.36. The Morgan fingerprint density at radius 2 is 1.89 bits per heavy atom. The number of ether oxygens (including phenoxy) is 2. The molecule has 0 aliphatic carbocycles. The van der Waals surface area contributed by atoms with Gasteiger partial charge in [0.1, 0.15) is 5.75 Å². The lowest BCUT2D eigenvalue weighted by Crippen LogP contribution is -2.39. The summed E-state index contributed by atoms with van der Waals surface area (Å²) in [5, 5.41) is 10.00. The molecular formula is C14H21NO3. The molecule has 2 rings (SSSR count). The van der Waals surface area contributed by atoms with Crippen molar-refractivity contribution in [3.05, 3.63) is 17.7 Å². The minimum Gasteiger partial charge on any atom is -0.507 e. The van der Waals surface area contributed by atoms with Crippen molar-refractivity contribution in [2.75, 3.05) is 13.8 Å². The smallest absolute Gasteiger partial charge is 0.231 e. The van der Waals surface area contributed by atoms with Gasteiger partial charge in [-0.1, -0.05) is 6.92 Å². The molecule has 0 saturated heterocycles. The fourth-order valence-electron chi connectivity index (χ4n) is 1.84. The van der Waals surface area contributed by atoms with Crippen LogP contribution < -0.4 is 9.47 Å². The molecule has 0 bridgehead atoms. The van der Waals surface area contributed by atoms with E-state index in [0.29, 0.717) is 18.0 Å². The Labute approximate surface area is 108 Å². The zero-order chi connectivity index (χ0) is 13.3. The highest BCUT2D eigenvalue weighted by Crippen LogP contribution is 2.38. The van der Waals surface area contributed by atoms with Gasteiger partial charge in [0.2, 0.25) is 6.79 Å². The summed E-state index contributed by atoms with van der Waals surface area (Å²) in [7, 11) is 2.06. The van der Waals surface area contributed by atoms with Gasteiger partial charge in [0.05, 0.1) is 0 Å². The first-order valence-electron chi connectivity index (χ1n) is 6.27. The van der Waals surface area contributed by atoms with E-state index in [-0.39, 0.29) is 18.1 Å². The second kappa shape index (κ2) is 4.69. The Kier molecular flexibility index (Phi) is 3.39. The zero-order valence-electron chi connectivity index (χ0n) is 11.5.